The average Bonchev–Trinajstić information content (AvgIpc) is 2.99. The van der Waals surface area contributed by atoms with Gasteiger partial charge in [0, 0.05) is 31.6 Å². The Morgan fingerprint density at radius 1 is 1.04 bits per heavy atom. The molecule has 4 heteroatoms. The maximum absolute atomic E-state index is 5.71. The van der Waals surface area contributed by atoms with Crippen LogP contribution in [0.3, 0.4) is 0 Å². The van der Waals surface area contributed by atoms with E-state index in [1.165, 1.54) is 36.7 Å². The number of aromatic nitrogens is 2. The van der Waals surface area contributed by atoms with Crippen molar-refractivity contribution < 1.29 is 0 Å². The average molecular weight is 441 g/mol. The number of fused-ring (bicyclic) bond motifs is 2. The fraction of sp³-hybridized carbons (Fsp3) is 0.190. The van der Waals surface area contributed by atoms with Gasteiger partial charge in [-0.05, 0) is 78.2 Å². The molecule has 0 atom stereocenters. The summed E-state index contributed by atoms with van der Waals surface area (Å²) in [4.78, 5) is 8.29. The number of benzene rings is 2. The lowest BCUT2D eigenvalue weighted by Crippen LogP contribution is -1.99. The number of para-hydroxylation sites is 1. The monoisotopic (exact) mass is 441 g/mol. The van der Waals surface area contributed by atoms with Crippen molar-refractivity contribution in [3.8, 4) is 11.3 Å². The van der Waals surface area contributed by atoms with Crippen molar-refractivity contribution >= 4 is 44.4 Å². The smallest absolute Gasteiger partial charge is 0.0795 e. The molecule has 0 aliphatic heterocycles. The van der Waals surface area contributed by atoms with Gasteiger partial charge in [0.2, 0.25) is 0 Å². The first-order valence-electron chi connectivity index (χ1n) is 8.62. The highest BCUT2D eigenvalue weighted by Gasteiger charge is 2.15. The Morgan fingerprint density at radius 2 is 1.92 bits per heavy atom. The second-order valence-corrected chi connectivity index (χ2v) is 7.54. The van der Waals surface area contributed by atoms with Gasteiger partial charge in [-0.3, -0.25) is 4.98 Å². The number of nitrogens with zero attached hydrogens (tertiary/aromatic N) is 1. The summed E-state index contributed by atoms with van der Waals surface area (Å²) < 4.78 is 1.26. The third-order valence-corrected chi connectivity index (χ3v) is 5.32. The van der Waals surface area contributed by atoms with Crippen LogP contribution in [0.2, 0.25) is 0 Å². The van der Waals surface area contributed by atoms with Crippen molar-refractivity contribution in [1.82, 2.24) is 9.97 Å². The summed E-state index contributed by atoms with van der Waals surface area (Å²) in [5.74, 6) is 0. The van der Waals surface area contributed by atoms with E-state index in [4.69, 9.17) is 5.73 Å². The number of aromatic amines is 1. The zero-order valence-corrected chi connectivity index (χ0v) is 16.1. The van der Waals surface area contributed by atoms with Gasteiger partial charge in [0.05, 0.1) is 11.2 Å². The van der Waals surface area contributed by atoms with Crippen molar-refractivity contribution in [2.75, 3.05) is 6.54 Å². The first kappa shape index (κ1) is 16.5. The Hall–Kier alpha value is -1.92. The van der Waals surface area contributed by atoms with E-state index in [0.29, 0.717) is 0 Å². The third kappa shape index (κ3) is 3.16. The Morgan fingerprint density at radius 3 is 2.80 bits per heavy atom. The predicted octanol–water partition coefficient (Wildman–Crippen LogP) is 5.27. The lowest BCUT2D eigenvalue weighted by molar-refractivity contribution is 0.748. The molecule has 4 rings (SSSR count). The Balaban J connectivity index is 1.94. The number of nitrogens with two attached hydrogens (primary N) is 1. The Bertz CT molecular complexity index is 1030. The van der Waals surface area contributed by atoms with E-state index >= 15 is 0 Å². The van der Waals surface area contributed by atoms with Crippen molar-refractivity contribution in [3.05, 3.63) is 63.9 Å². The first-order valence-corrected chi connectivity index (χ1v) is 9.70. The topological polar surface area (TPSA) is 54.7 Å². The molecule has 2 aromatic carbocycles. The Labute approximate surface area is 160 Å². The molecule has 0 radical (unpaired) electrons. The minimum Gasteiger partial charge on any atom is -0.354 e. The standard InChI is InChI=1S/C21H20IN3/c22-15-9-10-19-18(13-15)16(7-1-2-11-23)21(25-19)17-8-3-5-14-6-4-12-24-20(14)17/h3-6,8-10,12-13,25H,1-2,7,11,23H2. The zero-order valence-electron chi connectivity index (χ0n) is 13.9. The minimum absolute atomic E-state index is 0.741. The molecule has 3 N–H and O–H groups in total. The van der Waals surface area contributed by atoms with Crippen LogP contribution in [0.4, 0.5) is 0 Å². The summed E-state index contributed by atoms with van der Waals surface area (Å²) in [5, 5.41) is 2.48. The van der Waals surface area contributed by atoms with Crippen LogP contribution in [0, 0.1) is 3.57 Å². The number of hydrogen-bond donors (Lipinski definition) is 2. The molecule has 0 spiro atoms. The van der Waals surface area contributed by atoms with E-state index in [0.717, 1.165) is 31.3 Å². The molecule has 2 heterocycles. The van der Waals surface area contributed by atoms with Gasteiger partial charge >= 0.3 is 0 Å². The number of unbranched alkanes of at least 4 members (excludes halogenated alkanes) is 1. The van der Waals surface area contributed by atoms with E-state index in [9.17, 15) is 0 Å². The molecule has 3 nitrogen and oxygen atoms in total. The van der Waals surface area contributed by atoms with Crippen LogP contribution >= 0.6 is 22.6 Å². The summed E-state index contributed by atoms with van der Waals surface area (Å²) in [6, 6.07) is 17.1. The molecule has 0 saturated heterocycles. The van der Waals surface area contributed by atoms with Gasteiger partial charge < -0.3 is 10.7 Å². The van der Waals surface area contributed by atoms with Crippen molar-refractivity contribution in [2.24, 2.45) is 5.73 Å². The van der Waals surface area contributed by atoms with Gasteiger partial charge in [0.1, 0.15) is 0 Å². The Kier molecular flexibility index (Phi) is 4.72. The molecule has 0 saturated carbocycles. The van der Waals surface area contributed by atoms with E-state index in [1.807, 2.05) is 12.3 Å². The van der Waals surface area contributed by atoms with Crippen molar-refractivity contribution in [3.63, 3.8) is 0 Å². The minimum atomic E-state index is 0.741. The van der Waals surface area contributed by atoms with Crippen LogP contribution in [0.15, 0.2) is 54.7 Å². The van der Waals surface area contributed by atoms with Gasteiger partial charge in [0.15, 0.2) is 0 Å². The summed E-state index contributed by atoms with van der Waals surface area (Å²) in [6.45, 7) is 0.741. The number of H-pyrrole nitrogens is 1. The van der Waals surface area contributed by atoms with Crippen LogP contribution in [-0.4, -0.2) is 16.5 Å². The highest BCUT2D eigenvalue weighted by Crippen LogP contribution is 2.35. The molecule has 0 unspecified atom stereocenters. The lowest BCUT2D eigenvalue weighted by Gasteiger charge is -2.08. The molecular formula is C21H20IN3. The number of aryl methyl sites for hydroxylation is 1. The highest BCUT2D eigenvalue weighted by molar-refractivity contribution is 14.1. The van der Waals surface area contributed by atoms with Gasteiger partial charge in [-0.1, -0.05) is 24.3 Å². The number of pyridine rings is 1. The van der Waals surface area contributed by atoms with Crippen LogP contribution in [0.5, 0.6) is 0 Å². The van der Waals surface area contributed by atoms with Crippen LogP contribution in [-0.2, 0) is 6.42 Å². The van der Waals surface area contributed by atoms with Gasteiger partial charge in [0.25, 0.3) is 0 Å². The number of nitrogens with one attached hydrogen (secondary N) is 1. The summed E-state index contributed by atoms with van der Waals surface area (Å²) in [6.07, 6.45) is 5.03. The largest absolute Gasteiger partial charge is 0.354 e. The normalized spacial score (nSPS) is 11.4. The number of rotatable bonds is 5. The molecule has 126 valence electrons. The second-order valence-electron chi connectivity index (χ2n) is 6.29. The highest BCUT2D eigenvalue weighted by atomic mass is 127. The molecule has 2 aromatic heterocycles. The SMILES string of the molecule is NCCCCc1c(-c2cccc3cccnc23)[nH]c2ccc(I)cc12. The third-order valence-electron chi connectivity index (χ3n) is 4.65. The van der Waals surface area contributed by atoms with Gasteiger partial charge in [-0.15, -0.1) is 0 Å². The van der Waals surface area contributed by atoms with Crippen LogP contribution < -0.4 is 5.73 Å². The second kappa shape index (κ2) is 7.14. The number of halogens is 1. The summed E-state index contributed by atoms with van der Waals surface area (Å²) in [7, 11) is 0. The molecule has 0 fully saturated rings. The lowest BCUT2D eigenvalue weighted by atomic mass is 9.98. The fourth-order valence-electron chi connectivity index (χ4n) is 3.46. The molecule has 0 aliphatic rings. The zero-order chi connectivity index (χ0) is 17.2. The molecular weight excluding hydrogens is 421 g/mol. The van der Waals surface area contributed by atoms with Crippen LogP contribution in [0.25, 0.3) is 33.1 Å². The quantitative estimate of drug-likeness (QED) is 0.328. The summed E-state index contributed by atoms with van der Waals surface area (Å²) in [5.41, 5.74) is 11.7. The van der Waals surface area contributed by atoms with E-state index < -0.39 is 0 Å². The molecule has 0 aliphatic carbocycles. The number of hydrogen-bond acceptors (Lipinski definition) is 2. The molecule has 0 bridgehead atoms. The summed E-state index contributed by atoms with van der Waals surface area (Å²) >= 11 is 2.38. The molecule has 25 heavy (non-hydrogen) atoms. The van der Waals surface area contributed by atoms with E-state index in [2.05, 4.69) is 75.0 Å². The predicted molar refractivity (Wildman–Crippen MR) is 114 cm³/mol. The first-order chi connectivity index (χ1) is 12.3. The molecule has 4 aromatic rings. The van der Waals surface area contributed by atoms with Gasteiger partial charge in [-0.2, -0.15) is 0 Å². The maximum atomic E-state index is 5.71. The van der Waals surface area contributed by atoms with E-state index in [-0.39, 0.29) is 0 Å². The van der Waals surface area contributed by atoms with E-state index in [1.54, 1.807) is 0 Å². The fourth-order valence-corrected chi connectivity index (χ4v) is 3.95. The van der Waals surface area contributed by atoms with Gasteiger partial charge in [-0.25, -0.2) is 0 Å². The van der Waals surface area contributed by atoms with Crippen molar-refractivity contribution in [1.29, 1.82) is 0 Å². The van der Waals surface area contributed by atoms with Crippen molar-refractivity contribution in [2.45, 2.75) is 19.3 Å². The maximum Gasteiger partial charge on any atom is 0.0795 e. The molecule has 0 amide bonds. The van der Waals surface area contributed by atoms with Crippen LogP contribution in [0.1, 0.15) is 18.4 Å².